The molecule has 3 nitrogen and oxygen atoms in total. The molecule has 0 unspecified atom stereocenters. The number of rotatable bonds is 8. The zero-order valence-electron chi connectivity index (χ0n) is 16.0. The van der Waals surface area contributed by atoms with Crippen LogP contribution in [0.4, 0.5) is 5.69 Å². The summed E-state index contributed by atoms with van der Waals surface area (Å²) in [4.78, 5) is 0. The first-order chi connectivity index (χ1) is 13.5. The minimum atomic E-state index is 0.455. The van der Waals surface area contributed by atoms with Crippen LogP contribution < -0.4 is 14.8 Å². The van der Waals surface area contributed by atoms with Crippen molar-refractivity contribution >= 4 is 28.9 Å². The molecule has 0 bridgehead atoms. The first-order valence-corrected chi connectivity index (χ1v) is 9.93. The summed E-state index contributed by atoms with van der Waals surface area (Å²) < 4.78 is 11.7. The van der Waals surface area contributed by atoms with Crippen LogP contribution in [0.3, 0.4) is 0 Å². The highest BCUT2D eigenvalue weighted by atomic mass is 35.5. The first-order valence-electron chi connectivity index (χ1n) is 9.18. The van der Waals surface area contributed by atoms with E-state index in [4.69, 9.17) is 32.7 Å². The second-order valence-corrected chi connectivity index (χ2v) is 7.29. The molecule has 146 valence electrons. The molecule has 3 aromatic carbocycles. The van der Waals surface area contributed by atoms with Crippen LogP contribution in [0.1, 0.15) is 23.6 Å². The highest BCUT2D eigenvalue weighted by Gasteiger charge is 2.08. The molecular weight excluding hydrogens is 393 g/mol. The van der Waals surface area contributed by atoms with E-state index in [-0.39, 0.29) is 0 Å². The molecule has 3 rings (SSSR count). The molecule has 5 heteroatoms. The Kier molecular flexibility index (Phi) is 7.07. The Morgan fingerprint density at radius 2 is 1.57 bits per heavy atom. The van der Waals surface area contributed by atoms with Gasteiger partial charge in [-0.05, 0) is 66.9 Å². The smallest absolute Gasteiger partial charge is 0.161 e. The molecule has 28 heavy (non-hydrogen) atoms. The molecule has 0 amide bonds. The largest absolute Gasteiger partial charge is 0.490 e. The normalized spacial score (nSPS) is 10.6. The van der Waals surface area contributed by atoms with Gasteiger partial charge in [0.15, 0.2) is 11.5 Å². The number of nitrogens with one attached hydrogen (secondary N) is 1. The average molecular weight is 416 g/mol. The van der Waals surface area contributed by atoms with Gasteiger partial charge in [-0.25, -0.2) is 0 Å². The monoisotopic (exact) mass is 415 g/mol. The summed E-state index contributed by atoms with van der Waals surface area (Å²) in [5, 5.41) is 4.86. The fourth-order valence-electron chi connectivity index (χ4n) is 2.70. The second kappa shape index (κ2) is 9.72. The summed E-state index contributed by atoms with van der Waals surface area (Å²) >= 11 is 12.1. The van der Waals surface area contributed by atoms with Gasteiger partial charge < -0.3 is 14.8 Å². The first kappa shape index (κ1) is 20.4. The Labute approximate surface area is 176 Å². The van der Waals surface area contributed by atoms with Crippen molar-refractivity contribution in [2.45, 2.75) is 27.0 Å². The summed E-state index contributed by atoms with van der Waals surface area (Å²) in [6.45, 7) is 5.64. The number of halogens is 2. The van der Waals surface area contributed by atoms with Crippen LogP contribution >= 0.6 is 23.2 Å². The number of hydrogen-bond donors (Lipinski definition) is 1. The van der Waals surface area contributed by atoms with Crippen molar-refractivity contribution in [2.75, 3.05) is 11.9 Å². The second-order valence-electron chi connectivity index (χ2n) is 6.45. The molecule has 0 aliphatic rings. The molecule has 0 heterocycles. The zero-order chi connectivity index (χ0) is 19.9. The predicted octanol–water partition coefficient (Wildman–Crippen LogP) is 6.89. The molecule has 3 aromatic rings. The van der Waals surface area contributed by atoms with E-state index in [1.165, 1.54) is 0 Å². The predicted molar refractivity (Wildman–Crippen MR) is 117 cm³/mol. The van der Waals surface area contributed by atoms with Gasteiger partial charge in [0.25, 0.3) is 0 Å². The van der Waals surface area contributed by atoms with Crippen LogP contribution in [-0.2, 0) is 13.2 Å². The molecule has 0 aliphatic heterocycles. The highest BCUT2D eigenvalue weighted by Crippen LogP contribution is 2.30. The Bertz CT molecular complexity index is 926. The standard InChI is InChI=1S/C23H23Cl2NO2/c1-3-27-23-12-18(14-26-20-10-4-16(2)21(25)13-20)7-11-22(23)28-15-17-5-8-19(24)9-6-17/h4-13,26H,3,14-15H2,1-2H3. The third-order valence-corrected chi connectivity index (χ3v) is 4.94. The van der Waals surface area contributed by atoms with E-state index in [1.807, 2.05) is 74.5 Å². The summed E-state index contributed by atoms with van der Waals surface area (Å²) in [5.41, 5.74) is 4.19. The maximum atomic E-state index is 6.19. The van der Waals surface area contributed by atoms with Crippen LogP contribution in [-0.4, -0.2) is 6.61 Å². The molecule has 0 atom stereocenters. The number of anilines is 1. The van der Waals surface area contributed by atoms with Crippen molar-refractivity contribution in [2.24, 2.45) is 0 Å². The Balaban J connectivity index is 1.67. The lowest BCUT2D eigenvalue weighted by Gasteiger charge is -2.14. The molecule has 0 spiro atoms. The molecule has 1 N–H and O–H groups in total. The van der Waals surface area contributed by atoms with Gasteiger partial charge in [0.2, 0.25) is 0 Å². The van der Waals surface area contributed by atoms with Gasteiger partial charge in [0.1, 0.15) is 6.61 Å². The molecule has 0 saturated heterocycles. The fourth-order valence-corrected chi connectivity index (χ4v) is 3.01. The van der Waals surface area contributed by atoms with Crippen molar-refractivity contribution in [3.05, 3.63) is 87.4 Å². The SMILES string of the molecule is CCOc1cc(CNc2ccc(C)c(Cl)c2)ccc1OCc1ccc(Cl)cc1. The maximum Gasteiger partial charge on any atom is 0.161 e. The minimum Gasteiger partial charge on any atom is -0.490 e. The third kappa shape index (κ3) is 5.57. The molecule has 0 aliphatic carbocycles. The quantitative estimate of drug-likeness (QED) is 0.434. The third-order valence-electron chi connectivity index (χ3n) is 4.28. The van der Waals surface area contributed by atoms with Gasteiger partial charge in [-0.1, -0.05) is 47.5 Å². The Hall–Kier alpha value is -2.36. The summed E-state index contributed by atoms with van der Waals surface area (Å²) in [7, 11) is 0. The van der Waals surface area contributed by atoms with Crippen LogP contribution in [0.25, 0.3) is 0 Å². The van der Waals surface area contributed by atoms with E-state index >= 15 is 0 Å². The number of hydrogen-bond acceptors (Lipinski definition) is 3. The number of ether oxygens (including phenoxy) is 2. The number of benzene rings is 3. The number of aryl methyl sites for hydroxylation is 1. The van der Waals surface area contributed by atoms with Crippen LogP contribution in [0.15, 0.2) is 60.7 Å². The van der Waals surface area contributed by atoms with E-state index in [0.717, 1.165) is 38.9 Å². The van der Waals surface area contributed by atoms with Crippen molar-refractivity contribution < 1.29 is 9.47 Å². The van der Waals surface area contributed by atoms with Gasteiger partial charge in [0, 0.05) is 22.3 Å². The van der Waals surface area contributed by atoms with E-state index in [0.29, 0.717) is 24.8 Å². The molecular formula is C23H23Cl2NO2. The molecule has 0 saturated carbocycles. The van der Waals surface area contributed by atoms with Gasteiger partial charge in [-0.2, -0.15) is 0 Å². The van der Waals surface area contributed by atoms with E-state index in [2.05, 4.69) is 5.32 Å². The van der Waals surface area contributed by atoms with Gasteiger partial charge >= 0.3 is 0 Å². The summed E-state index contributed by atoms with van der Waals surface area (Å²) in [6.07, 6.45) is 0. The Morgan fingerprint density at radius 3 is 2.29 bits per heavy atom. The Morgan fingerprint density at radius 1 is 0.821 bits per heavy atom. The molecule has 0 fully saturated rings. The van der Waals surface area contributed by atoms with Crippen LogP contribution in [0.5, 0.6) is 11.5 Å². The lowest BCUT2D eigenvalue weighted by molar-refractivity contribution is 0.269. The topological polar surface area (TPSA) is 30.5 Å². The molecule has 0 radical (unpaired) electrons. The van der Waals surface area contributed by atoms with Gasteiger partial charge in [-0.3, -0.25) is 0 Å². The van der Waals surface area contributed by atoms with Crippen molar-refractivity contribution in [3.63, 3.8) is 0 Å². The fraction of sp³-hybridized carbons (Fsp3) is 0.217. The lowest BCUT2D eigenvalue weighted by atomic mass is 10.1. The zero-order valence-corrected chi connectivity index (χ0v) is 17.5. The molecule has 0 aromatic heterocycles. The van der Waals surface area contributed by atoms with Crippen molar-refractivity contribution in [1.82, 2.24) is 0 Å². The van der Waals surface area contributed by atoms with Crippen molar-refractivity contribution in [3.8, 4) is 11.5 Å². The van der Waals surface area contributed by atoms with Crippen LogP contribution in [0.2, 0.25) is 10.0 Å². The minimum absolute atomic E-state index is 0.455. The van der Waals surface area contributed by atoms with E-state index in [1.54, 1.807) is 0 Å². The maximum absolute atomic E-state index is 6.19. The average Bonchev–Trinajstić information content (AvgIpc) is 2.69. The van der Waals surface area contributed by atoms with Gasteiger partial charge in [0.05, 0.1) is 6.61 Å². The van der Waals surface area contributed by atoms with E-state index < -0.39 is 0 Å². The lowest BCUT2D eigenvalue weighted by Crippen LogP contribution is -2.03. The summed E-state index contributed by atoms with van der Waals surface area (Å²) in [5.74, 6) is 1.46. The van der Waals surface area contributed by atoms with Gasteiger partial charge in [-0.15, -0.1) is 0 Å². The highest BCUT2D eigenvalue weighted by molar-refractivity contribution is 6.31. The summed E-state index contributed by atoms with van der Waals surface area (Å²) in [6, 6.07) is 19.6. The van der Waals surface area contributed by atoms with Crippen LogP contribution in [0, 0.1) is 6.92 Å². The van der Waals surface area contributed by atoms with E-state index in [9.17, 15) is 0 Å². The van der Waals surface area contributed by atoms with Crippen molar-refractivity contribution in [1.29, 1.82) is 0 Å².